The third-order valence-electron chi connectivity index (χ3n) is 2.07. The van der Waals surface area contributed by atoms with E-state index in [4.69, 9.17) is 5.11 Å². The van der Waals surface area contributed by atoms with E-state index >= 15 is 0 Å². The van der Waals surface area contributed by atoms with Crippen LogP contribution in [0, 0.1) is 0 Å². The van der Waals surface area contributed by atoms with Crippen LogP contribution in [0.4, 0.5) is 0 Å². The molecule has 0 fully saturated rings. The number of aliphatic hydroxyl groups excluding tert-OH is 2. The van der Waals surface area contributed by atoms with Gasteiger partial charge in [0.05, 0.1) is 6.10 Å². The molecule has 0 bridgehead atoms. The quantitative estimate of drug-likeness (QED) is 0.695. The second-order valence-electron chi connectivity index (χ2n) is 3.17. The first-order chi connectivity index (χ1) is 6.77. The monoisotopic (exact) mass is 194 g/mol. The summed E-state index contributed by atoms with van der Waals surface area (Å²) in [6.07, 6.45) is 1.23. The normalized spacial score (nSPS) is 12.4. The van der Waals surface area contributed by atoms with Gasteiger partial charge in [0.2, 0.25) is 0 Å². The lowest BCUT2D eigenvalue weighted by molar-refractivity contribution is 0.112. The van der Waals surface area contributed by atoms with Gasteiger partial charge in [-0.25, -0.2) is 0 Å². The van der Waals surface area contributed by atoms with E-state index in [9.17, 15) is 9.90 Å². The minimum absolute atomic E-state index is 0.0738. The van der Waals surface area contributed by atoms with Crippen molar-refractivity contribution in [3.05, 3.63) is 35.4 Å². The molecule has 14 heavy (non-hydrogen) atoms. The van der Waals surface area contributed by atoms with Crippen LogP contribution in [-0.4, -0.2) is 23.1 Å². The maximum atomic E-state index is 10.5. The molecule has 0 spiro atoms. The predicted octanol–water partition coefficient (Wildman–Crippen LogP) is 1.30. The van der Waals surface area contributed by atoms with Gasteiger partial charge in [-0.1, -0.05) is 18.2 Å². The van der Waals surface area contributed by atoms with Crippen LogP contribution >= 0.6 is 0 Å². The van der Waals surface area contributed by atoms with E-state index in [1.54, 1.807) is 24.3 Å². The summed E-state index contributed by atoms with van der Waals surface area (Å²) in [5, 5.41) is 18.2. The number of hydrogen-bond acceptors (Lipinski definition) is 3. The van der Waals surface area contributed by atoms with Crippen molar-refractivity contribution in [2.24, 2.45) is 0 Å². The number of rotatable bonds is 5. The van der Waals surface area contributed by atoms with Crippen molar-refractivity contribution in [3.63, 3.8) is 0 Å². The van der Waals surface area contributed by atoms with Crippen LogP contribution < -0.4 is 0 Å². The third kappa shape index (κ3) is 2.94. The van der Waals surface area contributed by atoms with Crippen molar-refractivity contribution < 1.29 is 15.0 Å². The van der Waals surface area contributed by atoms with E-state index in [0.717, 1.165) is 11.8 Å². The van der Waals surface area contributed by atoms with Gasteiger partial charge in [-0.3, -0.25) is 4.79 Å². The van der Waals surface area contributed by atoms with Crippen molar-refractivity contribution in [1.29, 1.82) is 0 Å². The van der Waals surface area contributed by atoms with E-state index in [1.165, 1.54) is 0 Å². The van der Waals surface area contributed by atoms with Gasteiger partial charge in [0, 0.05) is 12.2 Å². The molecule has 0 heterocycles. The van der Waals surface area contributed by atoms with Gasteiger partial charge in [-0.2, -0.15) is 0 Å². The summed E-state index contributed by atoms with van der Waals surface area (Å²) in [6.45, 7) is 0.0738. The number of aldehydes is 1. The molecule has 0 aliphatic heterocycles. The fourth-order valence-electron chi connectivity index (χ4n) is 1.29. The summed E-state index contributed by atoms with van der Waals surface area (Å²) in [7, 11) is 0. The molecule has 0 amide bonds. The fourth-order valence-corrected chi connectivity index (χ4v) is 1.29. The predicted molar refractivity (Wildman–Crippen MR) is 53.1 cm³/mol. The Labute approximate surface area is 83.0 Å². The summed E-state index contributed by atoms with van der Waals surface area (Å²) < 4.78 is 0. The fraction of sp³-hybridized carbons (Fsp3) is 0.364. The molecular weight excluding hydrogens is 180 g/mol. The zero-order valence-electron chi connectivity index (χ0n) is 7.89. The molecule has 0 saturated heterocycles. The van der Waals surface area contributed by atoms with E-state index in [2.05, 4.69) is 0 Å². The van der Waals surface area contributed by atoms with Gasteiger partial charge < -0.3 is 10.2 Å². The molecule has 1 atom stereocenters. The lowest BCUT2D eigenvalue weighted by Gasteiger charge is -2.09. The molecule has 1 rings (SSSR count). The summed E-state index contributed by atoms with van der Waals surface area (Å²) in [5.41, 5.74) is 1.29. The zero-order chi connectivity index (χ0) is 10.4. The second kappa shape index (κ2) is 5.52. The molecule has 0 aliphatic carbocycles. The highest BCUT2D eigenvalue weighted by Crippen LogP contribution is 2.18. The third-order valence-corrected chi connectivity index (χ3v) is 2.07. The summed E-state index contributed by atoms with van der Waals surface area (Å²) in [4.78, 5) is 10.5. The van der Waals surface area contributed by atoms with Crippen LogP contribution in [0.1, 0.15) is 34.9 Å². The topological polar surface area (TPSA) is 57.5 Å². The van der Waals surface area contributed by atoms with Gasteiger partial charge in [-0.05, 0) is 24.5 Å². The molecule has 1 aromatic carbocycles. The number of hydrogen-bond donors (Lipinski definition) is 2. The highest BCUT2D eigenvalue weighted by atomic mass is 16.3. The molecule has 2 N–H and O–H groups in total. The van der Waals surface area contributed by atoms with Crippen molar-refractivity contribution >= 4 is 6.29 Å². The minimum Gasteiger partial charge on any atom is -0.396 e. The first-order valence-electron chi connectivity index (χ1n) is 4.62. The van der Waals surface area contributed by atoms with Gasteiger partial charge in [0.15, 0.2) is 0 Å². The Morgan fingerprint density at radius 3 is 2.86 bits per heavy atom. The van der Waals surface area contributed by atoms with Crippen molar-refractivity contribution in [1.82, 2.24) is 0 Å². The van der Waals surface area contributed by atoms with Crippen LogP contribution in [0.3, 0.4) is 0 Å². The molecule has 1 unspecified atom stereocenters. The van der Waals surface area contributed by atoms with Crippen LogP contribution in [0.25, 0.3) is 0 Å². The first-order valence-corrected chi connectivity index (χ1v) is 4.62. The highest BCUT2D eigenvalue weighted by Gasteiger charge is 2.06. The van der Waals surface area contributed by atoms with Crippen LogP contribution in [0.15, 0.2) is 24.3 Å². The lowest BCUT2D eigenvalue weighted by Crippen LogP contribution is -1.99. The zero-order valence-corrected chi connectivity index (χ0v) is 7.89. The first kappa shape index (κ1) is 10.9. The molecule has 3 nitrogen and oxygen atoms in total. The Bertz CT molecular complexity index is 296. The van der Waals surface area contributed by atoms with Crippen molar-refractivity contribution in [2.75, 3.05) is 6.61 Å². The van der Waals surface area contributed by atoms with Gasteiger partial charge in [-0.15, -0.1) is 0 Å². The van der Waals surface area contributed by atoms with Crippen molar-refractivity contribution in [2.45, 2.75) is 18.9 Å². The summed E-state index contributed by atoms with van der Waals surface area (Å²) >= 11 is 0. The van der Waals surface area contributed by atoms with Crippen molar-refractivity contribution in [3.8, 4) is 0 Å². The van der Waals surface area contributed by atoms with Gasteiger partial charge >= 0.3 is 0 Å². The Morgan fingerprint density at radius 2 is 2.21 bits per heavy atom. The Morgan fingerprint density at radius 1 is 1.43 bits per heavy atom. The van der Waals surface area contributed by atoms with E-state index in [-0.39, 0.29) is 6.61 Å². The Kier molecular flexibility index (Phi) is 4.29. The van der Waals surface area contributed by atoms with E-state index in [0.29, 0.717) is 18.4 Å². The van der Waals surface area contributed by atoms with E-state index < -0.39 is 6.10 Å². The number of carbonyl (C=O) groups is 1. The summed E-state index contributed by atoms with van der Waals surface area (Å²) in [5.74, 6) is 0. The molecule has 0 saturated carbocycles. The lowest BCUT2D eigenvalue weighted by atomic mass is 10.0. The SMILES string of the molecule is O=Cc1cccc(C(O)CCCO)c1. The molecular formula is C11H14O3. The number of benzene rings is 1. The maximum absolute atomic E-state index is 10.5. The maximum Gasteiger partial charge on any atom is 0.150 e. The molecule has 0 aromatic heterocycles. The molecule has 0 aliphatic rings. The standard InChI is InChI=1S/C11H14O3/c12-6-2-5-11(14)10-4-1-3-9(7-10)8-13/h1,3-4,7-8,11-12,14H,2,5-6H2. The average Bonchev–Trinajstić information content (AvgIpc) is 2.26. The Balaban J connectivity index is 2.68. The summed E-state index contributed by atoms with van der Waals surface area (Å²) in [6, 6.07) is 6.86. The van der Waals surface area contributed by atoms with Crippen LogP contribution in [-0.2, 0) is 0 Å². The average molecular weight is 194 g/mol. The molecule has 1 aromatic rings. The van der Waals surface area contributed by atoms with Crippen LogP contribution in [0.5, 0.6) is 0 Å². The smallest absolute Gasteiger partial charge is 0.150 e. The highest BCUT2D eigenvalue weighted by molar-refractivity contribution is 5.74. The van der Waals surface area contributed by atoms with E-state index in [1.807, 2.05) is 0 Å². The molecule has 3 heteroatoms. The van der Waals surface area contributed by atoms with Gasteiger partial charge in [0.25, 0.3) is 0 Å². The number of aliphatic hydroxyl groups is 2. The number of carbonyl (C=O) groups excluding carboxylic acids is 1. The van der Waals surface area contributed by atoms with Gasteiger partial charge in [0.1, 0.15) is 6.29 Å². The second-order valence-corrected chi connectivity index (χ2v) is 3.17. The largest absolute Gasteiger partial charge is 0.396 e. The Hall–Kier alpha value is -1.19. The minimum atomic E-state index is -0.595. The molecule has 0 radical (unpaired) electrons. The van der Waals surface area contributed by atoms with Crippen LogP contribution in [0.2, 0.25) is 0 Å². The molecule has 76 valence electrons.